The molecule has 0 saturated carbocycles. The Balaban J connectivity index is 1.44. The van der Waals surface area contributed by atoms with Crippen LogP contribution in [0.3, 0.4) is 0 Å². The Morgan fingerprint density at radius 3 is 2.39 bits per heavy atom. The lowest BCUT2D eigenvalue weighted by Crippen LogP contribution is -2.31. The van der Waals surface area contributed by atoms with E-state index in [-0.39, 0.29) is 18.7 Å². The number of aliphatic hydroxyl groups is 1. The largest absolute Gasteiger partial charge is 0.381 e. The highest BCUT2D eigenvalue weighted by Crippen LogP contribution is 2.18. The molecule has 0 aliphatic heterocycles. The van der Waals surface area contributed by atoms with E-state index in [4.69, 9.17) is 0 Å². The van der Waals surface area contributed by atoms with Crippen molar-refractivity contribution in [2.75, 3.05) is 0 Å². The van der Waals surface area contributed by atoms with Crippen LogP contribution < -0.4 is 11.2 Å². The first-order valence-electron chi connectivity index (χ1n) is 10.9. The fourth-order valence-corrected chi connectivity index (χ4v) is 3.84. The van der Waals surface area contributed by atoms with Crippen LogP contribution in [-0.4, -0.2) is 30.0 Å². The first-order chi connectivity index (χ1) is 15.9. The molecule has 0 aliphatic carbocycles. The summed E-state index contributed by atoms with van der Waals surface area (Å²) in [5.74, 6) is -0.225. The number of nitrogens with zero attached hydrogens (tertiary/aromatic N) is 3. The molecule has 1 atom stereocenters. The Kier molecular flexibility index (Phi) is 6.37. The van der Waals surface area contributed by atoms with Crippen LogP contribution in [0.2, 0.25) is 0 Å². The van der Waals surface area contributed by atoms with Gasteiger partial charge in [-0.05, 0) is 37.0 Å². The molecule has 2 N–H and O–H groups in total. The molecule has 4 rings (SSSR count). The number of H-pyrrole nitrogens is 1. The summed E-state index contributed by atoms with van der Waals surface area (Å²) in [5.41, 5.74) is 3.27. The van der Waals surface area contributed by atoms with Crippen molar-refractivity contribution in [2.24, 2.45) is 0 Å². The van der Waals surface area contributed by atoms with Crippen LogP contribution >= 0.6 is 0 Å². The maximum atomic E-state index is 12.4. The predicted octanol–water partition coefficient (Wildman–Crippen LogP) is 2.50. The third kappa shape index (κ3) is 4.70. The third-order valence-electron chi connectivity index (χ3n) is 5.82. The number of aryl methyl sites for hydroxylation is 3. The number of carbonyl (C=O) groups is 1. The minimum atomic E-state index is -1.12. The van der Waals surface area contributed by atoms with Crippen LogP contribution in [0, 0.1) is 6.92 Å². The minimum absolute atomic E-state index is 0.225. The van der Waals surface area contributed by atoms with Gasteiger partial charge in [-0.2, -0.15) is 0 Å². The van der Waals surface area contributed by atoms with Gasteiger partial charge in [-0.25, -0.2) is 9.78 Å². The van der Waals surface area contributed by atoms with Crippen molar-refractivity contribution < 1.29 is 9.90 Å². The van der Waals surface area contributed by atoms with E-state index >= 15 is 0 Å². The number of aromatic amines is 1. The number of benzene rings is 2. The Morgan fingerprint density at radius 2 is 1.73 bits per heavy atom. The summed E-state index contributed by atoms with van der Waals surface area (Å²) in [6.07, 6.45) is 1.16. The topological polar surface area (TPSA) is 110 Å². The van der Waals surface area contributed by atoms with Crippen LogP contribution in [0.1, 0.15) is 41.7 Å². The Bertz CT molecular complexity index is 1400. The molecule has 33 heavy (non-hydrogen) atoms. The molecule has 0 fully saturated rings. The fraction of sp³-hybridized carbons (Fsp3) is 0.280. The first kappa shape index (κ1) is 22.4. The van der Waals surface area contributed by atoms with E-state index < -0.39 is 17.4 Å². The molecular formula is C25H26N4O4. The lowest BCUT2D eigenvalue weighted by Gasteiger charge is -2.11. The summed E-state index contributed by atoms with van der Waals surface area (Å²) >= 11 is 0. The molecule has 0 amide bonds. The highest BCUT2D eigenvalue weighted by atomic mass is 16.3. The summed E-state index contributed by atoms with van der Waals surface area (Å²) < 4.78 is 3.15. The van der Waals surface area contributed by atoms with Gasteiger partial charge in [0.05, 0.1) is 12.9 Å². The number of aliphatic hydroxyl groups excluding tert-OH is 1. The van der Waals surface area contributed by atoms with E-state index in [0.717, 1.165) is 16.7 Å². The summed E-state index contributed by atoms with van der Waals surface area (Å²) in [6, 6.07) is 14.9. The molecule has 2 aromatic carbocycles. The number of rotatable bonds is 8. The van der Waals surface area contributed by atoms with Crippen molar-refractivity contribution >= 4 is 16.9 Å². The molecule has 0 unspecified atom stereocenters. The van der Waals surface area contributed by atoms with Gasteiger partial charge in [0.1, 0.15) is 6.10 Å². The van der Waals surface area contributed by atoms with E-state index in [2.05, 4.69) is 9.97 Å². The van der Waals surface area contributed by atoms with E-state index in [0.29, 0.717) is 29.7 Å². The summed E-state index contributed by atoms with van der Waals surface area (Å²) in [7, 11) is 0. The van der Waals surface area contributed by atoms with Crippen LogP contribution in [0.25, 0.3) is 11.2 Å². The van der Waals surface area contributed by atoms with Crippen molar-refractivity contribution in [3.8, 4) is 0 Å². The zero-order chi connectivity index (χ0) is 23.5. The summed E-state index contributed by atoms with van der Waals surface area (Å²) in [4.78, 5) is 43.6. The maximum absolute atomic E-state index is 12.4. The molecule has 8 nitrogen and oxygen atoms in total. The highest BCUT2D eigenvalue weighted by molar-refractivity contribution is 5.84. The van der Waals surface area contributed by atoms with Crippen molar-refractivity contribution in [3.05, 3.63) is 98.0 Å². The van der Waals surface area contributed by atoms with Crippen molar-refractivity contribution in [1.29, 1.82) is 0 Å². The zero-order valence-corrected chi connectivity index (χ0v) is 18.6. The quantitative estimate of drug-likeness (QED) is 0.432. The van der Waals surface area contributed by atoms with Crippen LogP contribution in [0.15, 0.2) is 64.4 Å². The van der Waals surface area contributed by atoms with E-state index in [1.54, 1.807) is 23.0 Å². The zero-order valence-electron chi connectivity index (χ0n) is 18.6. The van der Waals surface area contributed by atoms with Crippen LogP contribution in [0.5, 0.6) is 0 Å². The number of carbonyl (C=O) groups excluding carboxylic acids is 1. The number of hydrogen-bond donors (Lipinski definition) is 2. The number of aromatic nitrogens is 4. The SMILES string of the molecule is CCn1cnc2c1c(=O)[nH]c(=O)n2Cc1ccc(CCC(=O)[C@H](O)c2ccc(C)cc2)cc1. The first-order valence-corrected chi connectivity index (χ1v) is 10.9. The second-order valence-corrected chi connectivity index (χ2v) is 8.14. The van der Waals surface area contributed by atoms with Crippen molar-refractivity contribution in [1.82, 2.24) is 19.1 Å². The van der Waals surface area contributed by atoms with Gasteiger partial charge in [-0.3, -0.25) is 19.1 Å². The molecule has 0 bridgehead atoms. The maximum Gasteiger partial charge on any atom is 0.330 e. The van der Waals surface area contributed by atoms with Crippen molar-refractivity contribution in [2.45, 2.75) is 45.9 Å². The van der Waals surface area contributed by atoms with Gasteiger partial charge in [0.2, 0.25) is 0 Å². The number of nitrogens with one attached hydrogen (secondary N) is 1. The van der Waals surface area contributed by atoms with Gasteiger partial charge >= 0.3 is 5.69 Å². The second-order valence-electron chi connectivity index (χ2n) is 8.14. The molecule has 2 heterocycles. The number of fused-ring (bicyclic) bond motifs is 1. The molecule has 170 valence electrons. The molecule has 8 heteroatoms. The molecule has 0 spiro atoms. The average Bonchev–Trinajstić information content (AvgIpc) is 3.26. The number of imidazole rings is 1. The van der Waals surface area contributed by atoms with E-state index in [9.17, 15) is 19.5 Å². The minimum Gasteiger partial charge on any atom is -0.381 e. The Labute approximate surface area is 190 Å². The number of ketones is 1. The van der Waals surface area contributed by atoms with Gasteiger partial charge in [0, 0.05) is 13.0 Å². The van der Waals surface area contributed by atoms with Crippen LogP contribution in [-0.2, 0) is 24.3 Å². The second kappa shape index (κ2) is 9.38. The van der Waals surface area contributed by atoms with Gasteiger partial charge in [-0.1, -0.05) is 54.1 Å². The third-order valence-corrected chi connectivity index (χ3v) is 5.82. The van der Waals surface area contributed by atoms with Gasteiger partial charge in [0.15, 0.2) is 16.9 Å². The summed E-state index contributed by atoms with van der Waals surface area (Å²) in [6.45, 7) is 4.69. The fourth-order valence-electron chi connectivity index (χ4n) is 3.84. The molecule has 4 aromatic rings. The van der Waals surface area contributed by atoms with Crippen LogP contribution in [0.4, 0.5) is 0 Å². The summed E-state index contributed by atoms with van der Waals surface area (Å²) in [5, 5.41) is 10.3. The van der Waals surface area contributed by atoms with Crippen molar-refractivity contribution in [3.63, 3.8) is 0 Å². The predicted molar refractivity (Wildman–Crippen MR) is 125 cm³/mol. The molecule has 0 radical (unpaired) electrons. The van der Waals surface area contributed by atoms with Gasteiger partial charge in [0.25, 0.3) is 5.56 Å². The normalized spacial score (nSPS) is 12.2. The Morgan fingerprint density at radius 1 is 1.06 bits per heavy atom. The molecular weight excluding hydrogens is 420 g/mol. The molecule has 0 saturated heterocycles. The van der Waals surface area contributed by atoms with Gasteiger partial charge < -0.3 is 9.67 Å². The lowest BCUT2D eigenvalue weighted by atomic mass is 9.99. The Hall–Kier alpha value is -3.78. The lowest BCUT2D eigenvalue weighted by molar-refractivity contribution is -0.127. The van der Waals surface area contributed by atoms with E-state index in [1.807, 2.05) is 50.2 Å². The van der Waals surface area contributed by atoms with E-state index in [1.165, 1.54) is 4.57 Å². The number of Topliss-reactive ketones (excluding diaryl/α,β-unsaturated/α-hetero) is 1. The monoisotopic (exact) mass is 446 g/mol. The average molecular weight is 447 g/mol. The highest BCUT2D eigenvalue weighted by Gasteiger charge is 2.17. The molecule has 0 aliphatic rings. The molecule has 2 aromatic heterocycles. The number of hydrogen-bond acceptors (Lipinski definition) is 5. The smallest absolute Gasteiger partial charge is 0.330 e. The standard InChI is InChI=1S/C25H26N4O4/c1-3-28-15-26-23-21(28)24(32)27-25(33)29(23)14-18-8-6-17(7-9-18)10-13-20(30)22(31)19-11-4-16(2)5-12-19/h4-9,11-12,15,22,31H,3,10,13-14H2,1-2H3,(H,27,32,33)/t22-/m1/s1. The van der Waals surface area contributed by atoms with Gasteiger partial charge in [-0.15, -0.1) is 0 Å².